The second-order valence-corrected chi connectivity index (χ2v) is 8.45. The van der Waals surface area contributed by atoms with Crippen LogP contribution in [0.3, 0.4) is 0 Å². The molecule has 150 valence electrons. The summed E-state index contributed by atoms with van der Waals surface area (Å²) in [5, 5.41) is 0. The third kappa shape index (κ3) is 3.91. The van der Waals surface area contributed by atoms with E-state index in [9.17, 15) is 4.55 Å². The number of rotatable bonds is 4. The third-order valence-electron chi connectivity index (χ3n) is 4.80. The van der Waals surface area contributed by atoms with Gasteiger partial charge in [-0.3, -0.25) is 0 Å². The predicted octanol–water partition coefficient (Wildman–Crippen LogP) is 4.52. The average Bonchev–Trinajstić information content (AvgIpc) is 2.73. The number of anilines is 4. The molecule has 0 fully saturated rings. The maximum Gasteiger partial charge on any atom is 0.166 e. The van der Waals surface area contributed by atoms with Crippen LogP contribution in [0.25, 0.3) is 22.3 Å². The van der Waals surface area contributed by atoms with Crippen LogP contribution in [0.15, 0.2) is 94.7 Å². The fourth-order valence-corrected chi connectivity index (χ4v) is 4.77. The fourth-order valence-electron chi connectivity index (χ4n) is 3.40. The molecule has 0 aromatic heterocycles. The van der Waals surface area contributed by atoms with E-state index in [4.69, 9.17) is 22.9 Å². The van der Waals surface area contributed by atoms with Gasteiger partial charge < -0.3 is 27.5 Å². The molecule has 6 heteroatoms. The minimum absolute atomic E-state index is 0.585. The van der Waals surface area contributed by atoms with Gasteiger partial charge in [-0.05, 0) is 71.8 Å². The molecule has 0 bridgehead atoms. The molecule has 4 aromatic carbocycles. The molecule has 0 unspecified atom stereocenters. The number of nitrogens with two attached hydrogens (primary N) is 4. The molecule has 0 aliphatic rings. The molecule has 0 atom stereocenters. The van der Waals surface area contributed by atoms with Gasteiger partial charge in [-0.15, -0.1) is 0 Å². The minimum atomic E-state index is -1.49. The Balaban J connectivity index is 1.88. The van der Waals surface area contributed by atoms with Gasteiger partial charge in [0, 0.05) is 45.1 Å². The minimum Gasteiger partial charge on any atom is -0.606 e. The summed E-state index contributed by atoms with van der Waals surface area (Å²) < 4.78 is 13.8. The first-order valence-electron chi connectivity index (χ1n) is 9.35. The van der Waals surface area contributed by atoms with Gasteiger partial charge in [-0.25, -0.2) is 0 Å². The Morgan fingerprint density at radius 1 is 0.500 bits per heavy atom. The Morgan fingerprint density at radius 2 is 0.900 bits per heavy atom. The zero-order valence-corrected chi connectivity index (χ0v) is 17.0. The van der Waals surface area contributed by atoms with Crippen LogP contribution in [-0.4, -0.2) is 4.55 Å². The second kappa shape index (κ2) is 8.02. The number of benzene rings is 4. The topological polar surface area (TPSA) is 127 Å². The number of nitrogen functional groups attached to an aromatic ring is 4. The van der Waals surface area contributed by atoms with E-state index in [2.05, 4.69) is 0 Å². The summed E-state index contributed by atoms with van der Waals surface area (Å²) in [5.41, 5.74) is 29.7. The van der Waals surface area contributed by atoms with Crippen LogP contribution in [0.2, 0.25) is 0 Å². The monoisotopic (exact) mass is 414 g/mol. The van der Waals surface area contributed by atoms with Gasteiger partial charge >= 0.3 is 0 Å². The van der Waals surface area contributed by atoms with Gasteiger partial charge in [0.15, 0.2) is 9.79 Å². The van der Waals surface area contributed by atoms with E-state index in [0.717, 1.165) is 22.3 Å². The third-order valence-corrected chi connectivity index (χ3v) is 6.31. The first-order chi connectivity index (χ1) is 14.4. The standard InChI is InChI=1S/C24H22N4OS/c25-17-5-1-3-15(11-17)21-13-19(27)7-9-23(21)30(29)24-10-8-20(28)14-22(24)16-4-2-6-18(26)12-16/h1-14H,25-28H2. The van der Waals surface area contributed by atoms with Crippen molar-refractivity contribution in [3.05, 3.63) is 84.9 Å². The van der Waals surface area contributed by atoms with Gasteiger partial charge in [0.1, 0.15) is 0 Å². The van der Waals surface area contributed by atoms with Crippen molar-refractivity contribution >= 4 is 33.9 Å². The highest BCUT2D eigenvalue weighted by Gasteiger charge is 2.24. The largest absolute Gasteiger partial charge is 0.606 e. The van der Waals surface area contributed by atoms with E-state index in [-0.39, 0.29) is 0 Å². The highest BCUT2D eigenvalue weighted by molar-refractivity contribution is 7.91. The molecule has 0 spiro atoms. The molecule has 0 aliphatic carbocycles. The molecule has 0 saturated heterocycles. The van der Waals surface area contributed by atoms with Crippen molar-refractivity contribution in [3.63, 3.8) is 0 Å². The van der Waals surface area contributed by atoms with Crippen molar-refractivity contribution < 1.29 is 4.55 Å². The van der Waals surface area contributed by atoms with Gasteiger partial charge in [-0.1, -0.05) is 24.3 Å². The lowest BCUT2D eigenvalue weighted by atomic mass is 10.0. The summed E-state index contributed by atoms with van der Waals surface area (Å²) in [5.74, 6) is 0. The molecule has 0 saturated carbocycles. The number of hydrogen-bond acceptors (Lipinski definition) is 5. The smallest absolute Gasteiger partial charge is 0.166 e. The average molecular weight is 415 g/mol. The highest BCUT2D eigenvalue weighted by Crippen LogP contribution is 2.38. The summed E-state index contributed by atoms with van der Waals surface area (Å²) in [6, 6.07) is 25.6. The van der Waals surface area contributed by atoms with Crippen molar-refractivity contribution in [2.45, 2.75) is 9.79 Å². The van der Waals surface area contributed by atoms with Gasteiger partial charge in [-0.2, -0.15) is 0 Å². The van der Waals surface area contributed by atoms with E-state index in [1.165, 1.54) is 0 Å². The maximum absolute atomic E-state index is 13.8. The van der Waals surface area contributed by atoms with E-state index < -0.39 is 11.2 Å². The molecular weight excluding hydrogens is 392 g/mol. The first-order valence-corrected chi connectivity index (χ1v) is 10.5. The lowest BCUT2D eigenvalue weighted by Gasteiger charge is -2.18. The molecule has 0 aliphatic heterocycles. The van der Waals surface area contributed by atoms with Crippen LogP contribution >= 0.6 is 0 Å². The number of hydrogen-bond donors (Lipinski definition) is 4. The molecule has 4 aromatic rings. The van der Waals surface area contributed by atoms with Crippen LogP contribution in [-0.2, 0) is 11.2 Å². The van der Waals surface area contributed by atoms with Gasteiger partial charge in [0.25, 0.3) is 0 Å². The Bertz CT molecular complexity index is 1130. The van der Waals surface area contributed by atoms with Crippen molar-refractivity contribution in [2.75, 3.05) is 22.9 Å². The van der Waals surface area contributed by atoms with E-state index in [1.807, 2.05) is 60.7 Å². The summed E-state index contributed by atoms with van der Waals surface area (Å²) in [6.45, 7) is 0. The highest BCUT2D eigenvalue weighted by atomic mass is 32.2. The summed E-state index contributed by atoms with van der Waals surface area (Å²) in [6.07, 6.45) is 0. The molecule has 0 amide bonds. The first kappa shape index (κ1) is 19.7. The van der Waals surface area contributed by atoms with Crippen molar-refractivity contribution in [1.82, 2.24) is 0 Å². The zero-order chi connectivity index (χ0) is 21.3. The van der Waals surface area contributed by atoms with Gasteiger partial charge in [0.05, 0.1) is 0 Å². The molecule has 5 nitrogen and oxygen atoms in total. The fraction of sp³-hybridized carbons (Fsp3) is 0. The molecule has 30 heavy (non-hydrogen) atoms. The predicted molar refractivity (Wildman–Crippen MR) is 126 cm³/mol. The van der Waals surface area contributed by atoms with E-state index >= 15 is 0 Å². The van der Waals surface area contributed by atoms with Crippen LogP contribution in [0, 0.1) is 0 Å². The Hall–Kier alpha value is -3.61. The van der Waals surface area contributed by atoms with Crippen molar-refractivity contribution in [1.29, 1.82) is 0 Å². The Kier molecular flexibility index (Phi) is 5.27. The second-order valence-electron chi connectivity index (χ2n) is 7.03. The van der Waals surface area contributed by atoms with Crippen LogP contribution in [0.5, 0.6) is 0 Å². The van der Waals surface area contributed by atoms with Crippen LogP contribution < -0.4 is 22.9 Å². The van der Waals surface area contributed by atoms with Gasteiger partial charge in [0.2, 0.25) is 0 Å². The maximum atomic E-state index is 13.8. The summed E-state index contributed by atoms with van der Waals surface area (Å²) in [7, 11) is 0. The van der Waals surface area contributed by atoms with E-state index in [1.54, 1.807) is 24.3 Å². The molecule has 8 N–H and O–H groups in total. The van der Waals surface area contributed by atoms with Crippen LogP contribution in [0.4, 0.5) is 22.7 Å². The Morgan fingerprint density at radius 3 is 1.30 bits per heavy atom. The molecule has 4 rings (SSSR count). The Labute approximate surface area is 178 Å². The van der Waals surface area contributed by atoms with E-state index in [0.29, 0.717) is 32.5 Å². The molecule has 0 radical (unpaired) electrons. The normalized spacial score (nSPS) is 11.0. The molecular formula is C24H22N4OS. The lowest BCUT2D eigenvalue weighted by molar-refractivity contribution is 0.595. The summed E-state index contributed by atoms with van der Waals surface area (Å²) >= 11 is -1.49. The lowest BCUT2D eigenvalue weighted by Crippen LogP contribution is -2.07. The van der Waals surface area contributed by atoms with Crippen molar-refractivity contribution in [3.8, 4) is 22.3 Å². The zero-order valence-electron chi connectivity index (χ0n) is 16.2. The van der Waals surface area contributed by atoms with Crippen LogP contribution in [0.1, 0.15) is 0 Å². The SMILES string of the molecule is Nc1cccc(-c2cc(N)ccc2[S+]([O-])c2ccc(N)cc2-c2cccc(N)c2)c1. The summed E-state index contributed by atoms with van der Waals surface area (Å²) in [4.78, 5) is 1.29. The molecule has 0 heterocycles. The van der Waals surface area contributed by atoms with Crippen molar-refractivity contribution in [2.24, 2.45) is 0 Å². The quantitative estimate of drug-likeness (QED) is 0.288.